The van der Waals surface area contributed by atoms with Gasteiger partial charge in [0.1, 0.15) is 11.4 Å². The van der Waals surface area contributed by atoms with Crippen molar-refractivity contribution in [2.24, 2.45) is 0 Å². The maximum atomic E-state index is 13.1. The van der Waals surface area contributed by atoms with E-state index in [0.717, 1.165) is 58.4 Å². The number of esters is 1. The highest BCUT2D eigenvalue weighted by Crippen LogP contribution is 2.40. The molecule has 0 radical (unpaired) electrons. The SMILES string of the molecule is CCO[C@@H]1CCN(Cc2c(OC)cc(C)c3c2ccn3C(=O)OC(C)(C)C)[C@H](c2ccc(C(=O)OC)cc2NC)C1. The molecule has 0 amide bonds. The Bertz CT molecular complexity index is 1410. The molecule has 9 heteroatoms. The van der Waals surface area contributed by atoms with Gasteiger partial charge in [0.05, 0.1) is 31.4 Å². The number of anilines is 1. The Labute approximate surface area is 242 Å². The quantitative estimate of drug-likeness (QED) is 0.318. The predicted molar refractivity (Wildman–Crippen MR) is 160 cm³/mol. The number of rotatable bonds is 8. The molecule has 1 fully saturated rings. The predicted octanol–water partition coefficient (Wildman–Crippen LogP) is 6.31. The Balaban J connectivity index is 1.78. The molecule has 1 aliphatic rings. The number of methoxy groups -OCH3 is 2. The molecular formula is C32H43N3O6. The molecule has 3 aromatic rings. The van der Waals surface area contributed by atoms with E-state index < -0.39 is 11.7 Å². The second-order valence-corrected chi connectivity index (χ2v) is 11.4. The van der Waals surface area contributed by atoms with Gasteiger partial charge in [-0.1, -0.05) is 6.07 Å². The van der Waals surface area contributed by atoms with Gasteiger partial charge < -0.3 is 24.3 Å². The summed E-state index contributed by atoms with van der Waals surface area (Å²) in [6.45, 7) is 11.7. The molecule has 2 heterocycles. The molecule has 2 atom stereocenters. The smallest absolute Gasteiger partial charge is 0.419 e. The first-order valence-corrected chi connectivity index (χ1v) is 14.2. The van der Waals surface area contributed by atoms with Gasteiger partial charge in [0.15, 0.2) is 0 Å². The molecule has 4 rings (SSSR count). The number of benzene rings is 2. The van der Waals surface area contributed by atoms with Gasteiger partial charge >= 0.3 is 12.1 Å². The lowest BCUT2D eigenvalue weighted by atomic mass is 9.90. The van der Waals surface area contributed by atoms with Crippen LogP contribution < -0.4 is 10.1 Å². The van der Waals surface area contributed by atoms with Crippen LogP contribution in [0.3, 0.4) is 0 Å². The lowest BCUT2D eigenvalue weighted by Crippen LogP contribution is -2.39. The van der Waals surface area contributed by atoms with Gasteiger partial charge in [0, 0.05) is 55.6 Å². The zero-order valence-corrected chi connectivity index (χ0v) is 25.5. The van der Waals surface area contributed by atoms with Crippen molar-refractivity contribution >= 4 is 28.7 Å². The average molecular weight is 566 g/mol. The van der Waals surface area contributed by atoms with E-state index in [4.69, 9.17) is 18.9 Å². The lowest BCUT2D eigenvalue weighted by Gasteiger charge is -2.40. The highest BCUT2D eigenvalue weighted by molar-refractivity contribution is 5.95. The molecule has 222 valence electrons. The number of nitrogens with zero attached hydrogens (tertiary/aromatic N) is 2. The molecule has 1 aliphatic heterocycles. The average Bonchev–Trinajstić information content (AvgIpc) is 3.40. The molecule has 0 unspecified atom stereocenters. The Hall–Kier alpha value is -3.56. The number of ether oxygens (including phenoxy) is 4. The minimum Gasteiger partial charge on any atom is -0.496 e. The van der Waals surface area contributed by atoms with E-state index in [2.05, 4.69) is 10.2 Å². The molecule has 0 saturated carbocycles. The summed E-state index contributed by atoms with van der Waals surface area (Å²) in [5.74, 6) is 0.402. The van der Waals surface area contributed by atoms with E-state index in [-0.39, 0.29) is 18.1 Å². The summed E-state index contributed by atoms with van der Waals surface area (Å²) in [4.78, 5) is 27.8. The molecule has 0 aliphatic carbocycles. The van der Waals surface area contributed by atoms with Crippen molar-refractivity contribution in [2.45, 2.75) is 71.8 Å². The number of carbonyl (C=O) groups is 2. The molecule has 1 N–H and O–H groups in total. The lowest BCUT2D eigenvalue weighted by molar-refractivity contribution is -0.0136. The zero-order chi connectivity index (χ0) is 29.9. The Kier molecular flexibility index (Phi) is 9.29. The standard InChI is InChI=1S/C32H43N3O6/c1-9-40-22-12-14-34(27(18-22)24-11-10-21(30(36)39-8)17-26(24)33-6)19-25-23-13-15-35(31(37)41-32(3,4)5)29(23)20(2)16-28(25)38-7/h10-11,13,15-17,22,27,33H,9,12,14,18-19H2,1-8H3/t22-,27+/m1/s1. The number of nitrogens with one attached hydrogen (secondary N) is 1. The third-order valence-corrected chi connectivity index (χ3v) is 7.57. The Morgan fingerprint density at radius 3 is 2.51 bits per heavy atom. The fourth-order valence-corrected chi connectivity index (χ4v) is 5.76. The van der Waals surface area contributed by atoms with Gasteiger partial charge in [-0.05, 0) is 82.9 Å². The van der Waals surface area contributed by atoms with Crippen LogP contribution in [0.2, 0.25) is 0 Å². The summed E-state index contributed by atoms with van der Waals surface area (Å²) >= 11 is 0. The summed E-state index contributed by atoms with van der Waals surface area (Å²) in [7, 11) is 4.92. The van der Waals surface area contributed by atoms with E-state index >= 15 is 0 Å². The van der Waals surface area contributed by atoms with Crippen LogP contribution in [0, 0.1) is 6.92 Å². The maximum absolute atomic E-state index is 13.1. The van der Waals surface area contributed by atoms with Gasteiger partial charge in [-0.2, -0.15) is 0 Å². The van der Waals surface area contributed by atoms with Crippen LogP contribution in [-0.2, 0) is 20.8 Å². The zero-order valence-electron chi connectivity index (χ0n) is 25.5. The van der Waals surface area contributed by atoms with Gasteiger partial charge in [0.25, 0.3) is 0 Å². The third kappa shape index (κ3) is 6.52. The van der Waals surface area contributed by atoms with Gasteiger partial charge in [-0.3, -0.25) is 9.47 Å². The summed E-state index contributed by atoms with van der Waals surface area (Å²) in [5, 5.41) is 4.23. The normalized spacial score (nSPS) is 17.9. The van der Waals surface area contributed by atoms with Crippen LogP contribution >= 0.6 is 0 Å². The van der Waals surface area contributed by atoms with Crippen LogP contribution in [0.1, 0.15) is 73.6 Å². The number of carbonyl (C=O) groups excluding carboxylic acids is 2. The number of piperidine rings is 1. The summed E-state index contributed by atoms with van der Waals surface area (Å²) in [6.07, 6.45) is 3.19. The molecule has 9 nitrogen and oxygen atoms in total. The molecule has 1 aromatic heterocycles. The van der Waals surface area contributed by atoms with Crippen molar-refractivity contribution in [1.82, 2.24) is 9.47 Å². The largest absolute Gasteiger partial charge is 0.496 e. The van der Waals surface area contributed by atoms with E-state index in [1.165, 1.54) is 7.11 Å². The first-order valence-electron chi connectivity index (χ1n) is 14.2. The molecular weight excluding hydrogens is 522 g/mol. The second-order valence-electron chi connectivity index (χ2n) is 11.4. The highest BCUT2D eigenvalue weighted by atomic mass is 16.6. The van der Waals surface area contributed by atoms with Crippen LogP contribution in [0.5, 0.6) is 5.75 Å². The van der Waals surface area contributed by atoms with E-state index in [9.17, 15) is 9.59 Å². The van der Waals surface area contributed by atoms with E-state index in [1.807, 2.05) is 72.0 Å². The first kappa shape index (κ1) is 30.4. The first-order chi connectivity index (χ1) is 19.5. The van der Waals surface area contributed by atoms with E-state index in [0.29, 0.717) is 18.7 Å². The van der Waals surface area contributed by atoms with Crippen molar-refractivity contribution in [3.05, 3.63) is 58.8 Å². The number of hydrogen-bond acceptors (Lipinski definition) is 8. The van der Waals surface area contributed by atoms with Crippen molar-refractivity contribution in [3.63, 3.8) is 0 Å². The van der Waals surface area contributed by atoms with Gasteiger partial charge in [-0.25, -0.2) is 9.59 Å². The summed E-state index contributed by atoms with van der Waals surface area (Å²) in [5.41, 5.74) is 4.59. The minimum atomic E-state index is -0.608. The molecule has 0 bridgehead atoms. The topological polar surface area (TPSA) is 91.3 Å². The summed E-state index contributed by atoms with van der Waals surface area (Å²) in [6, 6.07) is 9.64. The van der Waals surface area contributed by atoms with Crippen molar-refractivity contribution in [3.8, 4) is 5.75 Å². The Morgan fingerprint density at radius 2 is 1.88 bits per heavy atom. The highest BCUT2D eigenvalue weighted by Gasteiger charge is 2.33. The van der Waals surface area contributed by atoms with Crippen molar-refractivity contribution in [1.29, 1.82) is 0 Å². The fraction of sp³-hybridized carbons (Fsp3) is 0.500. The monoisotopic (exact) mass is 565 g/mol. The summed E-state index contributed by atoms with van der Waals surface area (Å²) < 4.78 is 24.2. The van der Waals surface area contributed by atoms with E-state index in [1.54, 1.807) is 17.9 Å². The van der Waals surface area contributed by atoms with Crippen LogP contribution in [0.4, 0.5) is 10.5 Å². The maximum Gasteiger partial charge on any atom is 0.419 e. The van der Waals surface area contributed by atoms with Crippen LogP contribution in [0.25, 0.3) is 10.9 Å². The second kappa shape index (κ2) is 12.5. The van der Waals surface area contributed by atoms with Crippen molar-refractivity contribution in [2.75, 3.05) is 39.7 Å². The van der Waals surface area contributed by atoms with Crippen molar-refractivity contribution < 1.29 is 28.5 Å². The minimum absolute atomic E-state index is 0.0171. The number of aromatic nitrogens is 1. The number of hydrogen-bond donors (Lipinski definition) is 1. The van der Waals surface area contributed by atoms with Crippen LogP contribution in [0.15, 0.2) is 36.5 Å². The molecule has 2 aromatic carbocycles. The molecule has 1 saturated heterocycles. The number of aryl methyl sites for hydroxylation is 1. The van der Waals surface area contributed by atoms with Gasteiger partial charge in [-0.15, -0.1) is 0 Å². The van der Waals surface area contributed by atoms with Crippen LogP contribution in [-0.4, -0.2) is 67.7 Å². The third-order valence-electron chi connectivity index (χ3n) is 7.57. The number of fused-ring (bicyclic) bond motifs is 1. The fourth-order valence-electron chi connectivity index (χ4n) is 5.76. The van der Waals surface area contributed by atoms with Gasteiger partial charge in [0.2, 0.25) is 0 Å². The Morgan fingerprint density at radius 1 is 1.12 bits per heavy atom. The molecule has 41 heavy (non-hydrogen) atoms. The molecule has 0 spiro atoms. The number of likely N-dealkylation sites (tertiary alicyclic amines) is 1.